The highest BCUT2D eigenvalue weighted by Gasteiger charge is 2.23. The third kappa shape index (κ3) is 5.33. The lowest BCUT2D eigenvalue weighted by molar-refractivity contribution is -0.138. The van der Waals surface area contributed by atoms with Gasteiger partial charge in [0.25, 0.3) is 5.91 Å². The molecule has 1 amide bonds. The molecule has 1 unspecified atom stereocenters. The Morgan fingerprint density at radius 1 is 1.41 bits per heavy atom. The summed E-state index contributed by atoms with van der Waals surface area (Å²) < 4.78 is 10.2. The van der Waals surface area contributed by atoms with Crippen molar-refractivity contribution in [2.24, 2.45) is 0 Å². The molecule has 0 radical (unpaired) electrons. The molecule has 7 heteroatoms. The number of amides is 1. The van der Waals surface area contributed by atoms with Crippen LogP contribution in [0.5, 0.6) is 5.88 Å². The van der Waals surface area contributed by atoms with Crippen molar-refractivity contribution in [1.82, 2.24) is 9.88 Å². The van der Waals surface area contributed by atoms with Crippen molar-refractivity contribution in [2.75, 3.05) is 26.9 Å². The van der Waals surface area contributed by atoms with E-state index in [1.807, 2.05) is 13.8 Å². The molecule has 0 aliphatic heterocycles. The maximum absolute atomic E-state index is 12.5. The first-order chi connectivity index (χ1) is 10.5. The number of methoxy groups -OCH3 is 1. The van der Waals surface area contributed by atoms with Crippen molar-refractivity contribution in [2.45, 2.75) is 26.3 Å². The number of carbonyl (C=O) groups is 2. The average molecular weight is 310 g/mol. The molecule has 0 saturated carbocycles. The lowest BCUT2D eigenvalue weighted by Crippen LogP contribution is -2.41. The molecule has 0 aliphatic rings. The summed E-state index contributed by atoms with van der Waals surface area (Å²) in [6, 6.07) is 2.88. The molecule has 22 heavy (non-hydrogen) atoms. The number of aromatic nitrogens is 1. The number of carboxylic acid groups (broad SMARTS) is 1. The average Bonchev–Trinajstić information content (AvgIpc) is 2.51. The first-order valence-electron chi connectivity index (χ1n) is 7.10. The molecule has 1 N–H and O–H groups in total. The van der Waals surface area contributed by atoms with Crippen molar-refractivity contribution >= 4 is 11.9 Å². The molecule has 1 heterocycles. The van der Waals surface area contributed by atoms with Crippen LogP contribution in [0, 0.1) is 0 Å². The van der Waals surface area contributed by atoms with E-state index < -0.39 is 5.97 Å². The number of pyridine rings is 1. The zero-order chi connectivity index (χ0) is 16.5. The predicted octanol–water partition coefficient (Wildman–Crippen LogP) is 1.43. The third-order valence-corrected chi connectivity index (χ3v) is 3.21. The standard InChI is InChI=1S/C15H22N2O5/c1-4-11(2)17(10-14(18)19)15(20)12-5-6-16-13(9-12)22-8-7-21-3/h5-6,9,11H,4,7-8,10H2,1-3H3,(H,18,19). The predicted molar refractivity (Wildman–Crippen MR) is 80.0 cm³/mol. The van der Waals surface area contributed by atoms with E-state index in [4.69, 9.17) is 14.6 Å². The number of hydrogen-bond donors (Lipinski definition) is 1. The van der Waals surface area contributed by atoms with E-state index in [0.717, 1.165) is 0 Å². The van der Waals surface area contributed by atoms with Gasteiger partial charge in [-0.05, 0) is 19.4 Å². The Morgan fingerprint density at radius 2 is 2.14 bits per heavy atom. The van der Waals surface area contributed by atoms with E-state index >= 15 is 0 Å². The molecule has 1 rings (SSSR count). The van der Waals surface area contributed by atoms with Gasteiger partial charge in [0.1, 0.15) is 13.2 Å². The van der Waals surface area contributed by atoms with Gasteiger partial charge in [0, 0.05) is 31.0 Å². The molecule has 1 aromatic heterocycles. The van der Waals surface area contributed by atoms with Gasteiger partial charge in [-0.25, -0.2) is 4.98 Å². The maximum atomic E-state index is 12.5. The molecule has 0 fully saturated rings. The van der Waals surface area contributed by atoms with Gasteiger partial charge in [-0.2, -0.15) is 0 Å². The number of hydrogen-bond acceptors (Lipinski definition) is 5. The fourth-order valence-corrected chi connectivity index (χ4v) is 1.81. The molecular formula is C15H22N2O5. The summed E-state index contributed by atoms with van der Waals surface area (Å²) >= 11 is 0. The zero-order valence-electron chi connectivity index (χ0n) is 13.1. The summed E-state index contributed by atoms with van der Waals surface area (Å²) in [6.07, 6.45) is 2.13. The van der Waals surface area contributed by atoms with Crippen molar-refractivity contribution in [1.29, 1.82) is 0 Å². The van der Waals surface area contributed by atoms with Crippen LogP contribution in [0.3, 0.4) is 0 Å². The van der Waals surface area contributed by atoms with Gasteiger partial charge in [-0.15, -0.1) is 0 Å². The molecule has 0 spiro atoms. The SMILES string of the molecule is CCC(C)N(CC(=O)O)C(=O)c1ccnc(OCCOC)c1. The molecule has 122 valence electrons. The van der Waals surface area contributed by atoms with E-state index in [-0.39, 0.29) is 18.5 Å². The summed E-state index contributed by atoms with van der Waals surface area (Å²) in [5, 5.41) is 8.98. The third-order valence-electron chi connectivity index (χ3n) is 3.21. The van der Waals surface area contributed by atoms with E-state index in [2.05, 4.69) is 4.98 Å². The lowest BCUT2D eigenvalue weighted by atomic mass is 10.1. The number of rotatable bonds is 9. The van der Waals surface area contributed by atoms with Gasteiger partial charge >= 0.3 is 5.97 Å². The minimum absolute atomic E-state index is 0.172. The van der Waals surface area contributed by atoms with Crippen LogP contribution in [0.2, 0.25) is 0 Å². The first-order valence-corrected chi connectivity index (χ1v) is 7.10. The molecule has 0 bridgehead atoms. The highest BCUT2D eigenvalue weighted by atomic mass is 16.5. The van der Waals surface area contributed by atoms with Crippen molar-refractivity contribution in [3.8, 4) is 5.88 Å². The van der Waals surface area contributed by atoms with Gasteiger partial charge in [0.05, 0.1) is 6.61 Å². The normalized spacial score (nSPS) is 11.8. The number of carbonyl (C=O) groups excluding carboxylic acids is 1. The second-order valence-electron chi connectivity index (χ2n) is 4.81. The van der Waals surface area contributed by atoms with E-state index in [9.17, 15) is 9.59 Å². The molecule has 1 aromatic rings. The largest absolute Gasteiger partial charge is 0.480 e. The Labute approximate surface area is 129 Å². The summed E-state index contributed by atoms with van der Waals surface area (Å²) in [7, 11) is 1.56. The van der Waals surface area contributed by atoms with E-state index in [0.29, 0.717) is 31.1 Å². The molecule has 1 atom stereocenters. The Bertz CT molecular complexity index is 506. The summed E-state index contributed by atoms with van der Waals surface area (Å²) in [4.78, 5) is 28.8. The first kappa shape index (κ1) is 17.9. The van der Waals surface area contributed by atoms with Crippen LogP contribution in [0.4, 0.5) is 0 Å². The van der Waals surface area contributed by atoms with Gasteiger partial charge in [-0.1, -0.05) is 6.92 Å². The van der Waals surface area contributed by atoms with Crippen molar-refractivity contribution < 1.29 is 24.2 Å². The minimum atomic E-state index is -1.04. The van der Waals surface area contributed by atoms with Crippen molar-refractivity contribution in [3.05, 3.63) is 23.9 Å². The molecule has 7 nitrogen and oxygen atoms in total. The monoisotopic (exact) mass is 310 g/mol. The van der Waals surface area contributed by atoms with E-state index in [1.54, 1.807) is 13.2 Å². The number of nitrogens with zero attached hydrogens (tertiary/aromatic N) is 2. The topological polar surface area (TPSA) is 89.0 Å². The molecule has 0 aliphatic carbocycles. The fraction of sp³-hybridized carbons (Fsp3) is 0.533. The Kier molecular flexibility index (Phi) is 7.31. The second kappa shape index (κ2) is 8.99. The highest BCUT2D eigenvalue weighted by Crippen LogP contribution is 2.14. The quantitative estimate of drug-likeness (QED) is 0.694. The zero-order valence-corrected chi connectivity index (χ0v) is 13.1. The van der Waals surface area contributed by atoms with Gasteiger partial charge in [0.2, 0.25) is 5.88 Å². The Morgan fingerprint density at radius 3 is 2.73 bits per heavy atom. The van der Waals surface area contributed by atoms with Crippen LogP contribution >= 0.6 is 0 Å². The lowest BCUT2D eigenvalue weighted by Gasteiger charge is -2.27. The maximum Gasteiger partial charge on any atom is 0.323 e. The van der Waals surface area contributed by atoms with Crippen LogP contribution in [0.15, 0.2) is 18.3 Å². The summed E-state index contributed by atoms with van der Waals surface area (Å²) in [6.45, 7) is 4.12. The van der Waals surface area contributed by atoms with Crippen LogP contribution in [0.25, 0.3) is 0 Å². The van der Waals surface area contributed by atoms with Gasteiger partial charge in [-0.3, -0.25) is 9.59 Å². The Balaban J connectivity index is 2.88. The number of ether oxygens (including phenoxy) is 2. The number of carboxylic acids is 1. The Hall–Kier alpha value is -2.15. The smallest absolute Gasteiger partial charge is 0.323 e. The van der Waals surface area contributed by atoms with Crippen LogP contribution in [0.1, 0.15) is 30.6 Å². The van der Waals surface area contributed by atoms with Crippen LogP contribution in [-0.2, 0) is 9.53 Å². The molecular weight excluding hydrogens is 288 g/mol. The van der Waals surface area contributed by atoms with Gasteiger partial charge < -0.3 is 19.5 Å². The van der Waals surface area contributed by atoms with Crippen LogP contribution in [-0.4, -0.2) is 59.8 Å². The van der Waals surface area contributed by atoms with Gasteiger partial charge in [0.15, 0.2) is 0 Å². The highest BCUT2D eigenvalue weighted by molar-refractivity contribution is 5.96. The fourth-order valence-electron chi connectivity index (χ4n) is 1.81. The van der Waals surface area contributed by atoms with Crippen LogP contribution < -0.4 is 4.74 Å². The molecule has 0 saturated heterocycles. The molecule has 0 aromatic carbocycles. The minimum Gasteiger partial charge on any atom is -0.480 e. The van der Waals surface area contributed by atoms with E-state index in [1.165, 1.54) is 17.2 Å². The second-order valence-corrected chi connectivity index (χ2v) is 4.81. The summed E-state index contributed by atoms with van der Waals surface area (Å²) in [5.74, 6) is -1.09. The van der Waals surface area contributed by atoms with Crippen molar-refractivity contribution in [3.63, 3.8) is 0 Å². The number of aliphatic carboxylic acids is 1. The summed E-state index contributed by atoms with van der Waals surface area (Å²) in [5.41, 5.74) is 0.351.